The number of nitrogens with one attached hydrogen (secondary N) is 1. The van der Waals surface area contributed by atoms with E-state index in [0.717, 1.165) is 93.8 Å². The molecule has 5 aliphatic rings. The first-order valence-electron chi connectivity index (χ1n) is 20.4. The number of ether oxygens (including phenoxy) is 1. The molecule has 1 aliphatic carbocycles. The summed E-state index contributed by atoms with van der Waals surface area (Å²) in [5.41, 5.74) is 8.90. The van der Waals surface area contributed by atoms with Crippen LogP contribution < -0.4 is 15.0 Å². The number of phenols is 1. The molecule has 4 aromatic carbocycles. The lowest BCUT2D eigenvalue weighted by molar-refractivity contribution is -0.126. The fourth-order valence-corrected chi connectivity index (χ4v) is 10.0. The van der Waals surface area contributed by atoms with E-state index >= 15 is 0 Å². The maximum absolute atomic E-state index is 13.2. The molecule has 0 bridgehead atoms. The molecule has 284 valence electrons. The smallest absolute Gasteiger partial charge is 0.255 e. The topological polar surface area (TPSA) is 85.4 Å². The van der Waals surface area contributed by atoms with Gasteiger partial charge in [-0.2, -0.15) is 0 Å². The Bertz CT molecular complexity index is 2050. The lowest BCUT2D eigenvalue weighted by Crippen LogP contribution is -2.49. The number of hydrogen-bond donors (Lipinski definition) is 2. The first kappa shape index (κ1) is 35.6. The van der Waals surface area contributed by atoms with Gasteiger partial charge in [-0.25, -0.2) is 0 Å². The third kappa shape index (κ3) is 7.37. The van der Waals surface area contributed by atoms with Crippen LogP contribution in [0, 0.1) is 5.92 Å². The molecule has 4 aromatic rings. The molecule has 3 fully saturated rings. The van der Waals surface area contributed by atoms with Crippen molar-refractivity contribution in [3.05, 3.63) is 137 Å². The van der Waals surface area contributed by atoms with Gasteiger partial charge in [0, 0.05) is 62.1 Å². The maximum atomic E-state index is 13.2. The van der Waals surface area contributed by atoms with E-state index in [-0.39, 0.29) is 23.8 Å². The second-order valence-corrected chi connectivity index (χ2v) is 16.5. The second-order valence-electron chi connectivity index (χ2n) is 16.5. The minimum atomic E-state index is -0.426. The zero-order valence-corrected chi connectivity index (χ0v) is 31.7. The van der Waals surface area contributed by atoms with Crippen molar-refractivity contribution in [3.63, 3.8) is 0 Å². The van der Waals surface area contributed by atoms with Crippen LogP contribution in [0.25, 0.3) is 0 Å². The maximum Gasteiger partial charge on any atom is 0.255 e. The van der Waals surface area contributed by atoms with Crippen molar-refractivity contribution >= 4 is 17.5 Å². The quantitative estimate of drug-likeness (QED) is 0.193. The second kappa shape index (κ2) is 15.2. The third-order valence-corrected chi connectivity index (χ3v) is 13.0. The van der Waals surface area contributed by atoms with Crippen molar-refractivity contribution < 1.29 is 19.4 Å². The Morgan fingerprint density at radius 2 is 1.55 bits per heavy atom. The van der Waals surface area contributed by atoms with Gasteiger partial charge >= 0.3 is 0 Å². The molecule has 1 unspecified atom stereocenters. The molecular formula is C47H52N4O4. The molecule has 8 heteroatoms. The number of fused-ring (bicyclic) bond motifs is 2. The Balaban J connectivity index is 0.756. The average Bonchev–Trinajstić information content (AvgIpc) is 3.54. The largest absolute Gasteiger partial charge is 0.508 e. The normalized spacial score (nSPS) is 23.7. The average molecular weight is 737 g/mol. The fraction of sp³-hybridized carbons (Fsp3) is 0.404. The number of allylic oxidation sites excluding steroid dienone is 1. The van der Waals surface area contributed by atoms with Crippen LogP contribution in [-0.2, 0) is 17.8 Å². The van der Waals surface area contributed by atoms with E-state index in [2.05, 4.69) is 94.5 Å². The van der Waals surface area contributed by atoms with Crippen LogP contribution in [0.1, 0.15) is 95.0 Å². The summed E-state index contributed by atoms with van der Waals surface area (Å²) in [6.07, 6.45) is 8.00. The fourth-order valence-electron chi connectivity index (χ4n) is 10.0. The standard InChI is InChI=1S/C47H52N4O4/c1-31-7-18-44(46(53)48-31)51-30-36-27-37(11-16-43(36)47(51)54)50-25-19-32(20-26-50)29-49-23-21-40(22-24-49)55-39-13-8-34(9-14-39)45-41(33-5-3-2-4-6-33)15-10-35-28-38(52)12-17-42(35)45/h2-6,8-9,11-14,16-17,27-28,32,40-41,44-45,52H,1,7,10,15,18-26,29-30H2,(H,48,53)/t41-,44?,45+/m1/s1. The Kier molecular flexibility index (Phi) is 9.85. The molecular weight excluding hydrogens is 685 g/mol. The number of carbonyl (C=O) groups excluding carboxylic acids is 2. The number of aromatic hydroxyl groups is 1. The van der Waals surface area contributed by atoms with Crippen LogP contribution in [0.5, 0.6) is 11.5 Å². The molecule has 55 heavy (non-hydrogen) atoms. The highest BCUT2D eigenvalue weighted by atomic mass is 16.5. The number of anilines is 1. The van der Waals surface area contributed by atoms with Gasteiger partial charge in [0.15, 0.2) is 0 Å². The summed E-state index contributed by atoms with van der Waals surface area (Å²) >= 11 is 0. The first-order chi connectivity index (χ1) is 26.9. The van der Waals surface area contributed by atoms with E-state index in [1.165, 1.54) is 27.9 Å². The summed E-state index contributed by atoms with van der Waals surface area (Å²) in [4.78, 5) is 32.7. The van der Waals surface area contributed by atoms with Gasteiger partial charge in [0.25, 0.3) is 5.91 Å². The van der Waals surface area contributed by atoms with Gasteiger partial charge in [-0.1, -0.05) is 55.1 Å². The predicted molar refractivity (Wildman–Crippen MR) is 216 cm³/mol. The van der Waals surface area contributed by atoms with Crippen LogP contribution in [-0.4, -0.2) is 71.6 Å². The molecule has 0 spiro atoms. The van der Waals surface area contributed by atoms with Crippen LogP contribution in [0.3, 0.4) is 0 Å². The molecule has 2 amide bonds. The number of phenolic OH excluding ortho intramolecular Hbond substituents is 1. The summed E-state index contributed by atoms with van der Waals surface area (Å²) in [7, 11) is 0. The van der Waals surface area contributed by atoms with Crippen LogP contribution in [0.4, 0.5) is 5.69 Å². The minimum absolute atomic E-state index is 0.0403. The number of amides is 2. The summed E-state index contributed by atoms with van der Waals surface area (Å²) in [5.74, 6) is 2.43. The highest BCUT2D eigenvalue weighted by Gasteiger charge is 2.39. The summed E-state index contributed by atoms with van der Waals surface area (Å²) in [5, 5.41) is 13.0. The van der Waals surface area contributed by atoms with E-state index in [0.29, 0.717) is 37.0 Å². The monoisotopic (exact) mass is 736 g/mol. The highest BCUT2D eigenvalue weighted by Crippen LogP contribution is 2.47. The lowest BCUT2D eigenvalue weighted by atomic mass is 9.69. The van der Waals surface area contributed by atoms with Crippen molar-refractivity contribution in [1.82, 2.24) is 15.1 Å². The Morgan fingerprint density at radius 3 is 2.31 bits per heavy atom. The van der Waals surface area contributed by atoms with Crippen LogP contribution in [0.15, 0.2) is 103 Å². The van der Waals surface area contributed by atoms with E-state index in [4.69, 9.17) is 4.74 Å². The molecule has 9 rings (SSSR count). The number of likely N-dealkylation sites (tertiary alicyclic amines) is 1. The number of rotatable bonds is 8. The zero-order valence-electron chi connectivity index (χ0n) is 31.7. The van der Waals surface area contributed by atoms with Crippen LogP contribution in [0.2, 0.25) is 0 Å². The van der Waals surface area contributed by atoms with E-state index in [1.54, 1.807) is 4.90 Å². The van der Waals surface area contributed by atoms with Crippen molar-refractivity contribution in [1.29, 1.82) is 0 Å². The molecule has 0 radical (unpaired) electrons. The van der Waals surface area contributed by atoms with Crippen molar-refractivity contribution in [2.24, 2.45) is 5.92 Å². The summed E-state index contributed by atoms with van der Waals surface area (Å²) < 4.78 is 6.57. The van der Waals surface area contributed by atoms with Crippen molar-refractivity contribution in [3.8, 4) is 11.5 Å². The predicted octanol–water partition coefficient (Wildman–Crippen LogP) is 7.76. The number of hydrogen-bond acceptors (Lipinski definition) is 6. The van der Waals surface area contributed by atoms with Gasteiger partial charge in [-0.3, -0.25) is 9.59 Å². The lowest BCUT2D eigenvalue weighted by Gasteiger charge is -2.38. The molecule has 3 saturated heterocycles. The molecule has 4 aliphatic heterocycles. The molecule has 4 heterocycles. The van der Waals surface area contributed by atoms with E-state index in [1.807, 2.05) is 18.2 Å². The number of benzene rings is 4. The van der Waals surface area contributed by atoms with Gasteiger partial charge in [0.05, 0.1) is 0 Å². The minimum Gasteiger partial charge on any atom is -0.508 e. The van der Waals surface area contributed by atoms with Gasteiger partial charge in [0.1, 0.15) is 23.6 Å². The summed E-state index contributed by atoms with van der Waals surface area (Å²) in [6, 6.07) is 31.4. The first-order valence-corrected chi connectivity index (χ1v) is 20.4. The highest BCUT2D eigenvalue weighted by molar-refractivity contribution is 6.01. The van der Waals surface area contributed by atoms with Gasteiger partial charge in [-0.15, -0.1) is 0 Å². The van der Waals surface area contributed by atoms with Gasteiger partial charge in [-0.05, 0) is 133 Å². The molecule has 0 aromatic heterocycles. The Hall–Kier alpha value is -5.08. The number of nitrogens with zero attached hydrogens (tertiary/aromatic N) is 3. The van der Waals surface area contributed by atoms with Gasteiger partial charge in [0.2, 0.25) is 5.91 Å². The molecule has 0 saturated carbocycles. The van der Waals surface area contributed by atoms with Crippen LogP contribution >= 0.6 is 0 Å². The SMILES string of the molecule is C=C1CCC(N2Cc3cc(N4CCC(CN5CCC(Oc6ccc([C@@H]7c8ccc(O)cc8CC[C@@H]7c7ccccc7)cc6)CC5)CC4)ccc3C2=O)C(=O)N1. The molecule has 2 N–H and O–H groups in total. The zero-order chi connectivity index (χ0) is 37.5. The summed E-state index contributed by atoms with van der Waals surface area (Å²) in [6.45, 7) is 9.68. The number of aryl methyl sites for hydroxylation is 1. The van der Waals surface area contributed by atoms with E-state index in [9.17, 15) is 14.7 Å². The van der Waals surface area contributed by atoms with Crippen molar-refractivity contribution in [2.45, 2.75) is 81.9 Å². The third-order valence-electron chi connectivity index (χ3n) is 13.0. The Morgan fingerprint density at radius 1 is 0.764 bits per heavy atom. The Labute approximate surface area is 324 Å². The van der Waals surface area contributed by atoms with E-state index < -0.39 is 6.04 Å². The van der Waals surface area contributed by atoms with Gasteiger partial charge < -0.3 is 29.9 Å². The molecule has 3 atom stereocenters. The molecule has 8 nitrogen and oxygen atoms in total. The number of carbonyl (C=O) groups is 2. The van der Waals surface area contributed by atoms with Crippen molar-refractivity contribution in [2.75, 3.05) is 37.6 Å². The number of piperidine rings is 3.